The number of aryl methyl sites for hydroxylation is 1. The monoisotopic (exact) mass is 305 g/mol. The Bertz CT molecular complexity index is 646. The van der Waals surface area contributed by atoms with Crippen LogP contribution in [-0.4, -0.2) is 33.9 Å². The Morgan fingerprint density at radius 3 is 3.00 bits per heavy atom. The van der Waals surface area contributed by atoms with Crippen molar-refractivity contribution in [2.75, 3.05) is 6.61 Å². The number of rotatable bonds is 3. The van der Waals surface area contributed by atoms with E-state index in [1.54, 1.807) is 22.2 Å². The largest absolute Gasteiger partial charge is 0.373 e. The van der Waals surface area contributed by atoms with Crippen molar-refractivity contribution in [3.05, 3.63) is 29.3 Å². The van der Waals surface area contributed by atoms with E-state index in [-0.39, 0.29) is 17.6 Å². The fourth-order valence-corrected chi connectivity index (χ4v) is 3.37. The van der Waals surface area contributed by atoms with Crippen LogP contribution in [0.15, 0.2) is 23.7 Å². The Morgan fingerprint density at radius 1 is 1.57 bits per heavy atom. The van der Waals surface area contributed by atoms with E-state index in [0.717, 1.165) is 17.0 Å². The fraction of sp³-hybridized carbons (Fsp3) is 0.467. The molecule has 1 amide bonds. The van der Waals surface area contributed by atoms with E-state index in [4.69, 9.17) is 4.74 Å². The van der Waals surface area contributed by atoms with E-state index in [2.05, 4.69) is 10.4 Å². The lowest BCUT2D eigenvalue weighted by molar-refractivity contribution is 0.0355. The Labute approximate surface area is 127 Å². The van der Waals surface area contributed by atoms with Crippen molar-refractivity contribution < 1.29 is 9.53 Å². The highest BCUT2D eigenvalue weighted by molar-refractivity contribution is 7.13. The van der Waals surface area contributed by atoms with Crippen LogP contribution in [0.2, 0.25) is 0 Å². The molecule has 2 aromatic rings. The first-order chi connectivity index (χ1) is 9.94. The standard InChI is InChI=1S/C15H19N3O2S/c1-15(2)7-10(9-20-15)16-14(19)11-8-18(3)17-13(11)12-5-4-6-21-12/h4-6,8,10H,7,9H2,1-3H3,(H,16,19). The van der Waals surface area contributed by atoms with Crippen molar-refractivity contribution in [1.82, 2.24) is 15.1 Å². The first-order valence-corrected chi connectivity index (χ1v) is 7.85. The molecule has 1 aliphatic heterocycles. The van der Waals surface area contributed by atoms with Gasteiger partial charge in [-0.15, -0.1) is 11.3 Å². The number of aromatic nitrogens is 2. The van der Waals surface area contributed by atoms with E-state index >= 15 is 0 Å². The van der Waals surface area contributed by atoms with Gasteiger partial charge in [0.15, 0.2) is 0 Å². The Balaban J connectivity index is 1.79. The maximum Gasteiger partial charge on any atom is 0.255 e. The molecule has 1 N–H and O–H groups in total. The molecule has 1 saturated heterocycles. The zero-order valence-corrected chi connectivity index (χ0v) is 13.2. The summed E-state index contributed by atoms with van der Waals surface area (Å²) in [6, 6.07) is 4.00. The summed E-state index contributed by atoms with van der Waals surface area (Å²) in [5, 5.41) is 9.45. The summed E-state index contributed by atoms with van der Waals surface area (Å²) in [6.07, 6.45) is 2.60. The molecule has 0 aromatic carbocycles. The van der Waals surface area contributed by atoms with E-state index in [1.807, 2.05) is 38.4 Å². The molecule has 0 radical (unpaired) electrons. The maximum absolute atomic E-state index is 12.5. The van der Waals surface area contributed by atoms with Gasteiger partial charge >= 0.3 is 0 Å². The maximum atomic E-state index is 12.5. The molecule has 0 aliphatic carbocycles. The van der Waals surface area contributed by atoms with Crippen molar-refractivity contribution in [2.24, 2.45) is 7.05 Å². The lowest BCUT2D eigenvalue weighted by Gasteiger charge is -2.16. The van der Waals surface area contributed by atoms with Crippen LogP contribution in [0.1, 0.15) is 30.6 Å². The number of hydrogen-bond donors (Lipinski definition) is 1. The molecule has 0 bridgehead atoms. The molecule has 5 nitrogen and oxygen atoms in total. The minimum absolute atomic E-state index is 0.0592. The molecule has 21 heavy (non-hydrogen) atoms. The molecule has 3 heterocycles. The summed E-state index contributed by atoms with van der Waals surface area (Å²) in [6.45, 7) is 4.65. The SMILES string of the molecule is Cn1cc(C(=O)NC2COC(C)(C)C2)c(-c2cccs2)n1. The van der Waals surface area contributed by atoms with Gasteiger partial charge in [0.25, 0.3) is 5.91 Å². The van der Waals surface area contributed by atoms with Gasteiger partial charge in [0.1, 0.15) is 5.69 Å². The normalized spacial score (nSPS) is 20.6. The predicted octanol–water partition coefficient (Wildman–Crippen LogP) is 2.45. The Kier molecular flexibility index (Phi) is 3.59. The van der Waals surface area contributed by atoms with Crippen molar-refractivity contribution in [2.45, 2.75) is 31.9 Å². The van der Waals surface area contributed by atoms with Gasteiger partial charge in [-0.25, -0.2) is 0 Å². The van der Waals surface area contributed by atoms with Crippen molar-refractivity contribution in [1.29, 1.82) is 0 Å². The molecule has 6 heteroatoms. The molecule has 1 fully saturated rings. The minimum atomic E-state index is -0.163. The van der Waals surface area contributed by atoms with Gasteiger partial charge in [-0.1, -0.05) is 6.07 Å². The molecule has 3 rings (SSSR count). The molecule has 0 saturated carbocycles. The highest BCUT2D eigenvalue weighted by Gasteiger charge is 2.33. The highest BCUT2D eigenvalue weighted by atomic mass is 32.1. The first kappa shape index (κ1) is 14.3. The number of carbonyl (C=O) groups excluding carboxylic acids is 1. The van der Waals surface area contributed by atoms with Gasteiger partial charge < -0.3 is 10.1 Å². The zero-order chi connectivity index (χ0) is 15.0. The first-order valence-electron chi connectivity index (χ1n) is 6.97. The number of carbonyl (C=O) groups is 1. The van der Waals surface area contributed by atoms with Gasteiger partial charge in [-0.05, 0) is 31.7 Å². The second kappa shape index (κ2) is 5.27. The number of amides is 1. The Hall–Kier alpha value is -1.66. The second-order valence-corrected chi connectivity index (χ2v) is 6.94. The van der Waals surface area contributed by atoms with Crippen LogP contribution in [0.3, 0.4) is 0 Å². The third-order valence-electron chi connectivity index (χ3n) is 3.58. The van der Waals surface area contributed by atoms with Gasteiger partial charge in [0.2, 0.25) is 0 Å². The van der Waals surface area contributed by atoms with Gasteiger partial charge in [-0.3, -0.25) is 9.48 Å². The quantitative estimate of drug-likeness (QED) is 0.947. The molecule has 1 aliphatic rings. The van der Waals surface area contributed by atoms with Crippen LogP contribution >= 0.6 is 11.3 Å². The third kappa shape index (κ3) is 3.01. The molecule has 1 unspecified atom stereocenters. The summed E-state index contributed by atoms with van der Waals surface area (Å²) < 4.78 is 7.34. The van der Waals surface area contributed by atoms with Crippen LogP contribution < -0.4 is 5.32 Å². The number of ether oxygens (including phenoxy) is 1. The predicted molar refractivity (Wildman–Crippen MR) is 82.4 cm³/mol. The van der Waals surface area contributed by atoms with Gasteiger partial charge in [-0.2, -0.15) is 5.10 Å². The number of nitrogens with zero attached hydrogens (tertiary/aromatic N) is 2. The van der Waals surface area contributed by atoms with Crippen LogP contribution in [-0.2, 0) is 11.8 Å². The minimum Gasteiger partial charge on any atom is -0.373 e. The number of hydrogen-bond acceptors (Lipinski definition) is 4. The fourth-order valence-electron chi connectivity index (χ4n) is 2.64. The summed E-state index contributed by atoms with van der Waals surface area (Å²) in [4.78, 5) is 13.5. The molecular weight excluding hydrogens is 286 g/mol. The van der Waals surface area contributed by atoms with E-state index in [9.17, 15) is 4.79 Å². The van der Waals surface area contributed by atoms with Crippen molar-refractivity contribution >= 4 is 17.2 Å². The van der Waals surface area contributed by atoms with Crippen LogP contribution in [0.4, 0.5) is 0 Å². The summed E-state index contributed by atoms with van der Waals surface area (Å²) >= 11 is 1.58. The van der Waals surface area contributed by atoms with Crippen LogP contribution in [0.25, 0.3) is 10.6 Å². The molecular formula is C15H19N3O2S. The van der Waals surface area contributed by atoms with Gasteiger partial charge in [0.05, 0.1) is 28.7 Å². The van der Waals surface area contributed by atoms with E-state index in [0.29, 0.717) is 12.2 Å². The lowest BCUT2D eigenvalue weighted by Crippen LogP contribution is -2.35. The number of nitrogens with one attached hydrogen (secondary N) is 1. The van der Waals surface area contributed by atoms with Crippen LogP contribution in [0.5, 0.6) is 0 Å². The average Bonchev–Trinajstić information content (AvgIpc) is 3.09. The van der Waals surface area contributed by atoms with E-state index in [1.165, 1.54) is 0 Å². The summed E-state index contributed by atoms with van der Waals surface area (Å²) in [7, 11) is 1.83. The average molecular weight is 305 g/mol. The van der Waals surface area contributed by atoms with Crippen molar-refractivity contribution in [3.8, 4) is 10.6 Å². The smallest absolute Gasteiger partial charge is 0.255 e. The topological polar surface area (TPSA) is 56.2 Å². The molecule has 0 spiro atoms. The summed E-state index contributed by atoms with van der Waals surface area (Å²) in [5.41, 5.74) is 1.19. The van der Waals surface area contributed by atoms with Crippen LogP contribution in [0, 0.1) is 0 Å². The van der Waals surface area contributed by atoms with Crippen molar-refractivity contribution in [3.63, 3.8) is 0 Å². The molecule has 112 valence electrons. The summed E-state index contributed by atoms with van der Waals surface area (Å²) in [5.74, 6) is -0.0854. The second-order valence-electron chi connectivity index (χ2n) is 5.99. The molecule has 1 atom stereocenters. The van der Waals surface area contributed by atoms with E-state index < -0.39 is 0 Å². The lowest BCUT2D eigenvalue weighted by atomic mass is 10.0. The zero-order valence-electron chi connectivity index (χ0n) is 12.4. The van der Waals surface area contributed by atoms with Gasteiger partial charge in [0, 0.05) is 13.2 Å². The Morgan fingerprint density at radius 2 is 2.38 bits per heavy atom. The highest BCUT2D eigenvalue weighted by Crippen LogP contribution is 2.28. The molecule has 2 aromatic heterocycles. The number of thiophene rings is 1. The third-order valence-corrected chi connectivity index (χ3v) is 4.45.